The Bertz CT molecular complexity index is 1100. The molecule has 0 fully saturated rings. The number of aryl methyl sites for hydroxylation is 1. The predicted octanol–water partition coefficient (Wildman–Crippen LogP) is 4.01. The Morgan fingerprint density at radius 3 is 2.54 bits per heavy atom. The Kier molecular flexibility index (Phi) is 4.93. The molecule has 4 rings (SSSR count). The zero-order chi connectivity index (χ0) is 19.3. The van der Waals surface area contributed by atoms with Gasteiger partial charge in [0.2, 0.25) is 0 Å². The number of nitrogens with one attached hydrogen (secondary N) is 2. The van der Waals surface area contributed by atoms with Crippen LogP contribution in [-0.2, 0) is 6.54 Å². The van der Waals surface area contributed by atoms with Gasteiger partial charge >= 0.3 is 0 Å². The lowest BCUT2D eigenvalue weighted by Crippen LogP contribution is -2.24. The number of rotatable bonds is 5. The Hall–Kier alpha value is -3.80. The van der Waals surface area contributed by atoms with E-state index >= 15 is 0 Å². The highest BCUT2D eigenvalue weighted by molar-refractivity contribution is 5.93. The predicted molar refractivity (Wildman–Crippen MR) is 109 cm³/mol. The minimum Gasteiger partial charge on any atom is -0.347 e. The third kappa shape index (κ3) is 3.96. The number of anilines is 2. The van der Waals surface area contributed by atoms with Crippen LogP contribution in [0.4, 0.5) is 11.5 Å². The van der Waals surface area contributed by atoms with E-state index in [-0.39, 0.29) is 11.6 Å². The molecule has 2 heterocycles. The second-order valence-corrected chi connectivity index (χ2v) is 6.48. The molecule has 2 aromatic heterocycles. The summed E-state index contributed by atoms with van der Waals surface area (Å²) in [5, 5.41) is 15.3. The molecule has 0 atom stereocenters. The van der Waals surface area contributed by atoms with E-state index in [4.69, 9.17) is 0 Å². The van der Waals surface area contributed by atoms with Crippen molar-refractivity contribution in [3.63, 3.8) is 0 Å². The number of pyridine rings is 1. The Labute approximate surface area is 162 Å². The summed E-state index contributed by atoms with van der Waals surface area (Å²) in [7, 11) is 0. The van der Waals surface area contributed by atoms with Crippen LogP contribution >= 0.6 is 0 Å². The average molecular weight is 369 g/mol. The second-order valence-electron chi connectivity index (χ2n) is 6.48. The lowest BCUT2D eigenvalue weighted by atomic mass is 10.1. The van der Waals surface area contributed by atoms with Gasteiger partial charge in [-0.15, -0.1) is 10.2 Å². The number of para-hydroxylation sites is 1. The molecule has 0 radical (unpaired) electrons. The number of carbonyl (C=O) groups is 1. The van der Waals surface area contributed by atoms with Gasteiger partial charge < -0.3 is 10.6 Å². The van der Waals surface area contributed by atoms with Crippen molar-refractivity contribution in [1.29, 1.82) is 0 Å². The molecule has 6 nitrogen and oxygen atoms in total. The van der Waals surface area contributed by atoms with Crippen LogP contribution in [0.2, 0.25) is 0 Å². The molecule has 0 aliphatic rings. The molecule has 2 aromatic carbocycles. The van der Waals surface area contributed by atoms with E-state index in [0.29, 0.717) is 12.4 Å². The average Bonchev–Trinajstić information content (AvgIpc) is 2.74. The second kappa shape index (κ2) is 7.84. The quantitative estimate of drug-likeness (QED) is 0.556. The Morgan fingerprint density at radius 2 is 1.75 bits per heavy atom. The Morgan fingerprint density at radius 1 is 0.929 bits per heavy atom. The lowest BCUT2D eigenvalue weighted by molar-refractivity contribution is 0.0945. The molecule has 0 bridgehead atoms. The molecule has 28 heavy (non-hydrogen) atoms. The van der Waals surface area contributed by atoms with E-state index in [9.17, 15) is 4.79 Å². The molecule has 0 saturated heterocycles. The Balaban J connectivity index is 1.43. The lowest BCUT2D eigenvalue weighted by Gasteiger charge is -2.08. The van der Waals surface area contributed by atoms with Crippen LogP contribution in [0.1, 0.15) is 21.6 Å². The van der Waals surface area contributed by atoms with Crippen molar-refractivity contribution < 1.29 is 4.79 Å². The zero-order valence-electron chi connectivity index (χ0n) is 15.4. The van der Waals surface area contributed by atoms with Gasteiger partial charge in [0.1, 0.15) is 0 Å². The number of hydrogen-bond acceptors (Lipinski definition) is 5. The van der Waals surface area contributed by atoms with Gasteiger partial charge in [-0.2, -0.15) is 0 Å². The van der Waals surface area contributed by atoms with Crippen LogP contribution in [-0.4, -0.2) is 21.1 Å². The van der Waals surface area contributed by atoms with Gasteiger partial charge in [-0.25, -0.2) is 0 Å². The van der Waals surface area contributed by atoms with E-state index in [1.807, 2.05) is 61.5 Å². The summed E-state index contributed by atoms with van der Waals surface area (Å²) in [6.45, 7) is 2.48. The van der Waals surface area contributed by atoms with Gasteiger partial charge in [-0.3, -0.25) is 9.78 Å². The van der Waals surface area contributed by atoms with Crippen LogP contribution in [0.3, 0.4) is 0 Å². The van der Waals surface area contributed by atoms with Gasteiger partial charge in [0.15, 0.2) is 11.5 Å². The van der Waals surface area contributed by atoms with Crippen molar-refractivity contribution >= 4 is 28.3 Å². The molecule has 0 saturated carbocycles. The molecular formula is C22H19N5O. The molecule has 4 aromatic rings. The van der Waals surface area contributed by atoms with Crippen molar-refractivity contribution in [2.24, 2.45) is 0 Å². The van der Waals surface area contributed by atoms with Gasteiger partial charge in [0.25, 0.3) is 5.91 Å². The number of nitrogens with zero attached hydrogens (tertiary/aromatic N) is 3. The maximum atomic E-state index is 12.3. The largest absolute Gasteiger partial charge is 0.347 e. The minimum atomic E-state index is -0.258. The highest BCUT2D eigenvalue weighted by Crippen LogP contribution is 2.23. The van der Waals surface area contributed by atoms with Crippen molar-refractivity contribution in [2.75, 3.05) is 5.32 Å². The van der Waals surface area contributed by atoms with Crippen molar-refractivity contribution in [1.82, 2.24) is 20.5 Å². The number of fused-ring (bicyclic) bond motifs is 1. The number of amides is 1. The fraction of sp³-hybridized carbons (Fsp3) is 0.0909. The number of hydrogen-bond donors (Lipinski definition) is 2. The molecule has 0 aliphatic heterocycles. The first-order chi connectivity index (χ1) is 13.7. The summed E-state index contributed by atoms with van der Waals surface area (Å²) in [4.78, 5) is 16.7. The summed E-state index contributed by atoms with van der Waals surface area (Å²) in [5.41, 5.74) is 4.18. The van der Waals surface area contributed by atoms with E-state index in [0.717, 1.165) is 22.2 Å². The summed E-state index contributed by atoms with van der Waals surface area (Å²) in [6, 6.07) is 21.2. The maximum Gasteiger partial charge on any atom is 0.272 e. The third-order valence-corrected chi connectivity index (χ3v) is 4.37. The molecule has 2 N–H and O–H groups in total. The van der Waals surface area contributed by atoms with Crippen LogP contribution < -0.4 is 10.6 Å². The SMILES string of the molecule is Cc1ccc(CNC(=O)c2ccc(Nc3cccc4cccnc34)nn2)cc1. The van der Waals surface area contributed by atoms with Gasteiger partial charge in [-0.1, -0.05) is 48.0 Å². The summed E-state index contributed by atoms with van der Waals surface area (Å²) < 4.78 is 0. The van der Waals surface area contributed by atoms with Crippen LogP contribution in [0.15, 0.2) is 72.9 Å². The van der Waals surface area contributed by atoms with E-state index in [2.05, 4.69) is 25.8 Å². The standard InChI is InChI=1S/C22H19N5O/c1-15-7-9-16(10-8-15)14-24-22(28)19-11-12-20(27-26-19)25-18-6-2-4-17-5-3-13-23-21(17)18/h2-13H,14H2,1H3,(H,24,28)(H,25,27). The van der Waals surface area contributed by atoms with Crippen molar-refractivity contribution in [3.8, 4) is 0 Å². The summed E-state index contributed by atoms with van der Waals surface area (Å²) in [6.07, 6.45) is 1.75. The smallest absolute Gasteiger partial charge is 0.272 e. The first-order valence-corrected chi connectivity index (χ1v) is 8.97. The monoisotopic (exact) mass is 369 g/mol. The summed E-state index contributed by atoms with van der Waals surface area (Å²) in [5.74, 6) is 0.291. The number of benzene rings is 2. The topological polar surface area (TPSA) is 79.8 Å². The van der Waals surface area contributed by atoms with Crippen LogP contribution in [0.25, 0.3) is 10.9 Å². The minimum absolute atomic E-state index is 0.258. The van der Waals surface area contributed by atoms with Gasteiger partial charge in [0.05, 0.1) is 11.2 Å². The van der Waals surface area contributed by atoms with Crippen molar-refractivity contribution in [2.45, 2.75) is 13.5 Å². The highest BCUT2D eigenvalue weighted by atomic mass is 16.1. The first-order valence-electron chi connectivity index (χ1n) is 8.97. The van der Waals surface area contributed by atoms with Crippen molar-refractivity contribution in [3.05, 3.63) is 89.7 Å². The fourth-order valence-corrected chi connectivity index (χ4v) is 2.84. The van der Waals surface area contributed by atoms with Gasteiger partial charge in [0, 0.05) is 18.1 Å². The fourth-order valence-electron chi connectivity index (χ4n) is 2.84. The first kappa shape index (κ1) is 17.6. The molecule has 0 unspecified atom stereocenters. The molecule has 6 heteroatoms. The molecule has 138 valence electrons. The van der Waals surface area contributed by atoms with E-state index < -0.39 is 0 Å². The van der Waals surface area contributed by atoms with E-state index in [1.54, 1.807) is 18.3 Å². The molecule has 0 aliphatic carbocycles. The normalized spacial score (nSPS) is 10.6. The zero-order valence-corrected chi connectivity index (χ0v) is 15.4. The van der Waals surface area contributed by atoms with Crippen LogP contribution in [0.5, 0.6) is 0 Å². The van der Waals surface area contributed by atoms with E-state index in [1.165, 1.54) is 5.56 Å². The van der Waals surface area contributed by atoms with Crippen LogP contribution in [0, 0.1) is 6.92 Å². The summed E-state index contributed by atoms with van der Waals surface area (Å²) >= 11 is 0. The maximum absolute atomic E-state index is 12.3. The highest BCUT2D eigenvalue weighted by Gasteiger charge is 2.09. The number of carbonyl (C=O) groups excluding carboxylic acids is 1. The number of aromatic nitrogens is 3. The molecule has 0 spiro atoms. The molecule has 1 amide bonds. The van der Waals surface area contributed by atoms with Gasteiger partial charge in [-0.05, 0) is 36.8 Å². The third-order valence-electron chi connectivity index (χ3n) is 4.37. The molecular weight excluding hydrogens is 350 g/mol.